The minimum absolute atomic E-state index is 0.0361. The van der Waals surface area contributed by atoms with Gasteiger partial charge in [-0.05, 0) is 23.8 Å². The first-order chi connectivity index (χ1) is 10.2. The van der Waals surface area contributed by atoms with Crippen molar-refractivity contribution in [2.24, 2.45) is 0 Å². The zero-order chi connectivity index (χ0) is 14.8. The smallest absolute Gasteiger partial charge is 0.272 e. The molecule has 0 fully saturated rings. The third-order valence-electron chi connectivity index (χ3n) is 3.42. The summed E-state index contributed by atoms with van der Waals surface area (Å²) < 4.78 is 0. The van der Waals surface area contributed by atoms with Gasteiger partial charge in [-0.3, -0.25) is 15.0 Å². The molecule has 1 unspecified atom stereocenters. The Labute approximate surface area is 121 Å². The maximum absolute atomic E-state index is 12.3. The van der Waals surface area contributed by atoms with Crippen molar-refractivity contribution in [2.45, 2.75) is 6.10 Å². The zero-order valence-electron chi connectivity index (χ0n) is 11.2. The Kier molecular flexibility index (Phi) is 3.41. The second-order valence-electron chi connectivity index (χ2n) is 4.83. The molecule has 1 aliphatic rings. The van der Waals surface area contributed by atoms with Crippen LogP contribution in [0.25, 0.3) is 0 Å². The summed E-state index contributed by atoms with van der Waals surface area (Å²) in [5.74, 6) is -0.698. The van der Waals surface area contributed by atoms with Gasteiger partial charge in [0.1, 0.15) is 0 Å². The van der Waals surface area contributed by atoms with Crippen LogP contribution in [0.15, 0.2) is 54.6 Å². The molecule has 0 aromatic heterocycles. The Morgan fingerprint density at radius 2 is 1.76 bits per heavy atom. The number of hydrogen-bond acceptors (Lipinski definition) is 3. The average Bonchev–Trinajstić information content (AvgIpc) is 2.53. The van der Waals surface area contributed by atoms with Crippen molar-refractivity contribution in [3.8, 4) is 0 Å². The van der Waals surface area contributed by atoms with Gasteiger partial charge in [-0.15, -0.1) is 0 Å². The summed E-state index contributed by atoms with van der Waals surface area (Å²) in [5, 5.41) is 11.2. The lowest BCUT2D eigenvalue weighted by Crippen LogP contribution is -2.50. The number of hydrogen-bond donors (Lipinski definition) is 2. The number of hydrazine groups is 1. The zero-order valence-corrected chi connectivity index (χ0v) is 11.2. The van der Waals surface area contributed by atoms with Crippen LogP contribution in [0.1, 0.15) is 32.4 Å². The van der Waals surface area contributed by atoms with Crippen molar-refractivity contribution >= 4 is 11.8 Å². The molecule has 2 aromatic rings. The van der Waals surface area contributed by atoms with E-state index in [0.717, 1.165) is 5.01 Å². The number of amides is 2. The van der Waals surface area contributed by atoms with Gasteiger partial charge in [-0.2, -0.15) is 0 Å². The normalized spacial score (nSPS) is 17.3. The highest BCUT2D eigenvalue weighted by molar-refractivity contribution is 6.00. The molecule has 1 atom stereocenters. The van der Waals surface area contributed by atoms with E-state index in [4.69, 9.17) is 0 Å². The average molecular weight is 282 g/mol. The van der Waals surface area contributed by atoms with Crippen molar-refractivity contribution in [1.29, 1.82) is 0 Å². The molecule has 0 saturated carbocycles. The third kappa shape index (κ3) is 2.51. The lowest BCUT2D eigenvalue weighted by atomic mass is 9.98. The summed E-state index contributed by atoms with van der Waals surface area (Å²) in [6.07, 6.45) is -0.810. The van der Waals surface area contributed by atoms with E-state index in [0.29, 0.717) is 16.7 Å². The predicted octanol–water partition coefficient (Wildman–Crippen LogP) is 1.52. The summed E-state index contributed by atoms with van der Waals surface area (Å²) in [6, 6.07) is 15.5. The Morgan fingerprint density at radius 1 is 1.10 bits per heavy atom. The standard InChI is InChI=1S/C16H14N2O3/c19-14-10-18(16(21)13-9-5-4-8-12(13)14)17-15(20)11-6-2-1-3-7-11/h1-9,14,19H,10H2,(H,17,20). The lowest BCUT2D eigenvalue weighted by molar-refractivity contribution is 0.0375. The molecule has 1 aliphatic heterocycles. The molecule has 106 valence electrons. The van der Waals surface area contributed by atoms with E-state index >= 15 is 0 Å². The number of nitrogens with zero attached hydrogens (tertiary/aromatic N) is 1. The van der Waals surface area contributed by atoms with E-state index in [9.17, 15) is 14.7 Å². The molecule has 0 spiro atoms. The fourth-order valence-corrected chi connectivity index (χ4v) is 2.36. The van der Waals surface area contributed by atoms with Crippen LogP contribution in [0.3, 0.4) is 0 Å². The van der Waals surface area contributed by atoms with Crippen LogP contribution in [0.5, 0.6) is 0 Å². The molecular formula is C16H14N2O3. The highest BCUT2D eigenvalue weighted by atomic mass is 16.3. The second-order valence-corrected chi connectivity index (χ2v) is 4.83. The number of aliphatic hydroxyl groups excluding tert-OH is 1. The van der Waals surface area contributed by atoms with Gasteiger partial charge in [0.05, 0.1) is 12.6 Å². The molecule has 0 radical (unpaired) electrons. The highest BCUT2D eigenvalue weighted by Gasteiger charge is 2.30. The van der Waals surface area contributed by atoms with Crippen molar-refractivity contribution in [3.63, 3.8) is 0 Å². The number of rotatable bonds is 2. The number of aliphatic hydroxyl groups is 1. The summed E-state index contributed by atoms with van der Waals surface area (Å²) in [5.41, 5.74) is 4.00. The van der Waals surface area contributed by atoms with E-state index in [1.807, 2.05) is 6.07 Å². The Morgan fingerprint density at radius 3 is 2.52 bits per heavy atom. The maximum Gasteiger partial charge on any atom is 0.272 e. The van der Waals surface area contributed by atoms with Crippen LogP contribution in [0, 0.1) is 0 Å². The van der Waals surface area contributed by atoms with E-state index in [2.05, 4.69) is 5.43 Å². The molecule has 0 bridgehead atoms. The molecule has 0 saturated heterocycles. The number of benzene rings is 2. The molecule has 5 heteroatoms. The van der Waals surface area contributed by atoms with Gasteiger partial charge in [0.15, 0.2) is 0 Å². The third-order valence-corrected chi connectivity index (χ3v) is 3.42. The number of carbonyl (C=O) groups excluding carboxylic acids is 2. The minimum Gasteiger partial charge on any atom is -0.386 e. The fraction of sp³-hybridized carbons (Fsp3) is 0.125. The number of β-amino-alcohol motifs (C(OH)–C–C–N with tert-alkyl or cyclic N) is 1. The number of carbonyl (C=O) groups is 2. The van der Waals surface area contributed by atoms with Crippen LogP contribution in [0.4, 0.5) is 0 Å². The Balaban J connectivity index is 1.82. The number of fused-ring (bicyclic) bond motifs is 1. The van der Waals surface area contributed by atoms with Gasteiger partial charge >= 0.3 is 0 Å². The fourth-order valence-electron chi connectivity index (χ4n) is 2.36. The van der Waals surface area contributed by atoms with Crippen molar-refractivity contribution in [1.82, 2.24) is 10.4 Å². The highest BCUT2D eigenvalue weighted by Crippen LogP contribution is 2.25. The van der Waals surface area contributed by atoms with Crippen molar-refractivity contribution in [2.75, 3.05) is 6.54 Å². The topological polar surface area (TPSA) is 69.6 Å². The molecule has 2 N–H and O–H groups in total. The van der Waals surface area contributed by atoms with Crippen molar-refractivity contribution in [3.05, 3.63) is 71.3 Å². The molecule has 0 aliphatic carbocycles. The molecule has 5 nitrogen and oxygen atoms in total. The molecule has 21 heavy (non-hydrogen) atoms. The maximum atomic E-state index is 12.3. The predicted molar refractivity (Wildman–Crippen MR) is 76.3 cm³/mol. The van der Waals surface area contributed by atoms with Crippen LogP contribution < -0.4 is 5.43 Å². The molecular weight excluding hydrogens is 268 g/mol. The SMILES string of the molecule is O=C(NN1CC(O)c2ccccc2C1=O)c1ccccc1. The molecule has 3 rings (SSSR count). The summed E-state index contributed by atoms with van der Waals surface area (Å²) in [7, 11) is 0. The van der Waals surface area contributed by atoms with E-state index < -0.39 is 6.10 Å². The van der Waals surface area contributed by atoms with Gasteiger partial charge in [-0.25, -0.2) is 5.01 Å². The van der Waals surface area contributed by atoms with Crippen LogP contribution >= 0.6 is 0 Å². The first kappa shape index (κ1) is 13.3. The monoisotopic (exact) mass is 282 g/mol. The van der Waals surface area contributed by atoms with Crippen LogP contribution in [-0.2, 0) is 0 Å². The largest absolute Gasteiger partial charge is 0.386 e. The van der Waals surface area contributed by atoms with Crippen LogP contribution in [0.2, 0.25) is 0 Å². The van der Waals surface area contributed by atoms with E-state index in [1.54, 1.807) is 48.5 Å². The lowest BCUT2D eigenvalue weighted by Gasteiger charge is -2.31. The van der Waals surface area contributed by atoms with Gasteiger partial charge in [0, 0.05) is 11.1 Å². The first-order valence-corrected chi connectivity index (χ1v) is 6.61. The molecule has 2 aromatic carbocycles. The van der Waals surface area contributed by atoms with Crippen LogP contribution in [-0.4, -0.2) is 28.5 Å². The number of nitrogens with one attached hydrogen (secondary N) is 1. The van der Waals surface area contributed by atoms with Gasteiger partial charge in [-0.1, -0.05) is 36.4 Å². The first-order valence-electron chi connectivity index (χ1n) is 6.61. The van der Waals surface area contributed by atoms with Gasteiger partial charge in [0.25, 0.3) is 11.8 Å². The van der Waals surface area contributed by atoms with E-state index in [-0.39, 0.29) is 18.4 Å². The second kappa shape index (κ2) is 5.38. The molecule has 1 heterocycles. The van der Waals surface area contributed by atoms with E-state index in [1.165, 1.54) is 0 Å². The van der Waals surface area contributed by atoms with Gasteiger partial charge in [0.2, 0.25) is 0 Å². The van der Waals surface area contributed by atoms with Crippen molar-refractivity contribution < 1.29 is 14.7 Å². The summed E-state index contributed by atoms with van der Waals surface area (Å²) in [4.78, 5) is 24.4. The molecule has 2 amide bonds. The summed E-state index contributed by atoms with van der Waals surface area (Å²) >= 11 is 0. The van der Waals surface area contributed by atoms with Gasteiger partial charge < -0.3 is 5.11 Å². The Hall–Kier alpha value is -2.66. The quantitative estimate of drug-likeness (QED) is 0.877. The summed E-state index contributed by atoms with van der Waals surface area (Å²) in [6.45, 7) is 0.0361. The Bertz CT molecular complexity index is 685. The minimum atomic E-state index is -0.810.